The van der Waals surface area contributed by atoms with Crippen LogP contribution in [0.25, 0.3) is 0 Å². The van der Waals surface area contributed by atoms with Gasteiger partial charge in [0.2, 0.25) is 11.8 Å². The zero-order valence-electron chi connectivity index (χ0n) is 15.3. The van der Waals surface area contributed by atoms with Crippen LogP contribution in [0, 0.1) is 23.7 Å². The van der Waals surface area contributed by atoms with Gasteiger partial charge in [-0.25, -0.2) is 0 Å². The summed E-state index contributed by atoms with van der Waals surface area (Å²) >= 11 is 0. The van der Waals surface area contributed by atoms with Crippen molar-refractivity contribution >= 4 is 29.4 Å². The molecule has 1 saturated heterocycles. The molecule has 8 heteroatoms. The monoisotopic (exact) mass is 384 g/mol. The number of ether oxygens (including phenoxy) is 2. The van der Waals surface area contributed by atoms with Crippen LogP contribution in [0.5, 0.6) is 5.75 Å². The van der Waals surface area contributed by atoms with Gasteiger partial charge in [-0.1, -0.05) is 24.3 Å². The second-order valence-corrected chi connectivity index (χ2v) is 7.17. The number of imide groups is 1. The predicted octanol–water partition coefficient (Wildman–Crippen LogP) is 0.984. The highest BCUT2D eigenvalue weighted by atomic mass is 16.5. The van der Waals surface area contributed by atoms with E-state index in [0.717, 1.165) is 11.3 Å². The second-order valence-electron chi connectivity index (χ2n) is 7.17. The summed E-state index contributed by atoms with van der Waals surface area (Å²) in [6.07, 6.45) is 4.80. The molecular formula is C20H20N2O6. The Morgan fingerprint density at radius 2 is 1.75 bits per heavy atom. The number of para-hydroxylation sites is 2. The average molecular weight is 384 g/mol. The van der Waals surface area contributed by atoms with Crippen molar-refractivity contribution in [2.75, 3.05) is 25.6 Å². The first-order valence-corrected chi connectivity index (χ1v) is 9.11. The minimum Gasteiger partial charge on any atom is -0.495 e. The normalized spacial score (nSPS) is 27.1. The molecule has 0 radical (unpaired) electrons. The lowest BCUT2D eigenvalue weighted by Gasteiger charge is -2.16. The summed E-state index contributed by atoms with van der Waals surface area (Å²) in [5.74, 6) is -2.05. The Kier molecular flexibility index (Phi) is 4.62. The van der Waals surface area contributed by atoms with Gasteiger partial charge in [-0.3, -0.25) is 24.1 Å². The van der Waals surface area contributed by atoms with Gasteiger partial charge >= 0.3 is 5.97 Å². The van der Waals surface area contributed by atoms with Crippen molar-refractivity contribution in [3.05, 3.63) is 36.4 Å². The topological polar surface area (TPSA) is 102 Å². The first kappa shape index (κ1) is 18.2. The highest BCUT2D eigenvalue weighted by molar-refractivity contribution is 6.08. The first-order chi connectivity index (χ1) is 13.5. The number of hydrogen-bond donors (Lipinski definition) is 1. The van der Waals surface area contributed by atoms with Gasteiger partial charge in [-0.15, -0.1) is 0 Å². The number of likely N-dealkylation sites (tertiary alicyclic amines) is 1. The van der Waals surface area contributed by atoms with E-state index in [9.17, 15) is 19.2 Å². The lowest BCUT2D eigenvalue weighted by Crippen LogP contribution is -2.38. The molecule has 2 aliphatic carbocycles. The minimum atomic E-state index is -0.794. The van der Waals surface area contributed by atoms with E-state index in [0.29, 0.717) is 11.4 Å². The maximum absolute atomic E-state index is 12.5. The lowest BCUT2D eigenvalue weighted by molar-refractivity contribution is -0.154. The quantitative estimate of drug-likeness (QED) is 0.446. The number of nitrogens with zero attached hydrogens (tertiary/aromatic N) is 1. The van der Waals surface area contributed by atoms with E-state index in [-0.39, 0.29) is 35.5 Å². The number of hydrogen-bond acceptors (Lipinski definition) is 6. The van der Waals surface area contributed by atoms with Crippen LogP contribution in [-0.2, 0) is 23.9 Å². The molecule has 1 aromatic carbocycles. The van der Waals surface area contributed by atoms with Crippen molar-refractivity contribution < 1.29 is 28.7 Å². The largest absolute Gasteiger partial charge is 0.495 e. The fourth-order valence-electron chi connectivity index (χ4n) is 4.37. The molecule has 1 aromatic rings. The zero-order valence-corrected chi connectivity index (χ0v) is 15.3. The van der Waals surface area contributed by atoms with Crippen LogP contribution in [0.1, 0.15) is 6.42 Å². The fraction of sp³-hybridized carbons (Fsp3) is 0.400. The Labute approximate surface area is 161 Å². The highest BCUT2D eigenvalue weighted by Gasteiger charge is 2.59. The molecule has 4 rings (SSSR count). The van der Waals surface area contributed by atoms with Crippen molar-refractivity contribution in [1.82, 2.24) is 4.90 Å². The third kappa shape index (κ3) is 3.04. The van der Waals surface area contributed by atoms with Gasteiger partial charge in [0.05, 0.1) is 24.6 Å². The van der Waals surface area contributed by atoms with E-state index in [4.69, 9.17) is 9.47 Å². The third-order valence-electron chi connectivity index (χ3n) is 5.59. The molecule has 1 saturated carbocycles. The molecular weight excluding hydrogens is 364 g/mol. The van der Waals surface area contributed by atoms with Crippen LogP contribution in [-0.4, -0.2) is 48.9 Å². The van der Waals surface area contributed by atoms with E-state index in [1.165, 1.54) is 7.11 Å². The summed E-state index contributed by atoms with van der Waals surface area (Å²) in [6.45, 7) is -0.987. The molecule has 1 heterocycles. The number of allylic oxidation sites excluding steroid dienone is 2. The summed E-state index contributed by atoms with van der Waals surface area (Å²) in [5.41, 5.74) is 0.451. The van der Waals surface area contributed by atoms with E-state index in [2.05, 4.69) is 5.32 Å². The second kappa shape index (κ2) is 7.10. The molecule has 4 atom stereocenters. The summed E-state index contributed by atoms with van der Waals surface area (Å²) in [5, 5.41) is 2.58. The summed E-state index contributed by atoms with van der Waals surface area (Å²) in [7, 11) is 1.48. The van der Waals surface area contributed by atoms with Crippen molar-refractivity contribution in [1.29, 1.82) is 0 Å². The molecule has 0 spiro atoms. The summed E-state index contributed by atoms with van der Waals surface area (Å²) in [4.78, 5) is 50.1. The lowest BCUT2D eigenvalue weighted by atomic mass is 9.85. The molecule has 146 valence electrons. The smallest absolute Gasteiger partial charge is 0.326 e. The van der Waals surface area contributed by atoms with E-state index >= 15 is 0 Å². The molecule has 0 unspecified atom stereocenters. The summed E-state index contributed by atoms with van der Waals surface area (Å²) in [6, 6.07) is 6.83. The molecule has 28 heavy (non-hydrogen) atoms. The Bertz CT molecular complexity index is 849. The van der Waals surface area contributed by atoms with Crippen LogP contribution in [0.2, 0.25) is 0 Å². The maximum Gasteiger partial charge on any atom is 0.326 e. The van der Waals surface area contributed by atoms with Crippen LogP contribution >= 0.6 is 0 Å². The number of carbonyl (C=O) groups is 4. The standard InChI is InChI=1S/C20H20N2O6/c1-27-14-5-3-2-4-13(14)21-15(23)10-28-16(24)9-22-19(25)17-11-6-7-12(8-11)18(17)20(22)26/h2-7,11-12,17-18H,8-10H2,1H3,(H,21,23)/t11-,12-,17+,18+/m0/s1. The SMILES string of the molecule is COc1ccccc1NC(=O)COC(=O)CN1C(=O)[C@H]2[C@H](C1=O)[C@H]1C=C[C@H]2C1. The van der Waals surface area contributed by atoms with Crippen molar-refractivity contribution in [2.45, 2.75) is 6.42 Å². The maximum atomic E-state index is 12.5. The number of anilines is 1. The number of rotatable bonds is 6. The van der Waals surface area contributed by atoms with Gasteiger partial charge in [-0.05, 0) is 30.4 Å². The number of benzene rings is 1. The van der Waals surface area contributed by atoms with Gasteiger partial charge in [0.15, 0.2) is 6.61 Å². The van der Waals surface area contributed by atoms with Gasteiger partial charge in [0.25, 0.3) is 5.91 Å². The zero-order chi connectivity index (χ0) is 19.8. The number of esters is 1. The van der Waals surface area contributed by atoms with Gasteiger partial charge in [0, 0.05) is 0 Å². The molecule has 1 aliphatic heterocycles. The van der Waals surface area contributed by atoms with Crippen LogP contribution in [0.15, 0.2) is 36.4 Å². The third-order valence-corrected chi connectivity index (χ3v) is 5.59. The Morgan fingerprint density at radius 1 is 1.11 bits per heavy atom. The van der Waals surface area contributed by atoms with Crippen molar-refractivity contribution in [2.24, 2.45) is 23.7 Å². The Hall–Kier alpha value is -3.16. The number of methoxy groups -OCH3 is 1. The molecule has 2 bridgehead atoms. The van der Waals surface area contributed by atoms with Crippen LogP contribution in [0.4, 0.5) is 5.69 Å². The van der Waals surface area contributed by atoms with Gasteiger partial charge < -0.3 is 14.8 Å². The van der Waals surface area contributed by atoms with E-state index in [1.807, 2.05) is 12.2 Å². The number of amides is 3. The number of carbonyl (C=O) groups excluding carboxylic acids is 4. The van der Waals surface area contributed by atoms with Crippen LogP contribution in [0.3, 0.4) is 0 Å². The molecule has 8 nitrogen and oxygen atoms in total. The predicted molar refractivity (Wildman–Crippen MR) is 97.0 cm³/mol. The molecule has 2 fully saturated rings. The van der Waals surface area contributed by atoms with Crippen molar-refractivity contribution in [3.63, 3.8) is 0 Å². The molecule has 1 N–H and O–H groups in total. The fourth-order valence-corrected chi connectivity index (χ4v) is 4.37. The highest BCUT2D eigenvalue weighted by Crippen LogP contribution is 2.52. The van der Waals surface area contributed by atoms with Crippen molar-refractivity contribution in [3.8, 4) is 5.75 Å². The van der Waals surface area contributed by atoms with E-state index < -0.39 is 25.0 Å². The van der Waals surface area contributed by atoms with E-state index in [1.54, 1.807) is 24.3 Å². The molecule has 3 amide bonds. The van der Waals surface area contributed by atoms with Gasteiger partial charge in [0.1, 0.15) is 12.3 Å². The first-order valence-electron chi connectivity index (χ1n) is 9.11. The molecule has 3 aliphatic rings. The summed E-state index contributed by atoms with van der Waals surface area (Å²) < 4.78 is 10.1. The van der Waals surface area contributed by atoms with Crippen LogP contribution < -0.4 is 10.1 Å². The van der Waals surface area contributed by atoms with Gasteiger partial charge in [-0.2, -0.15) is 0 Å². The number of fused-ring (bicyclic) bond motifs is 5. The average Bonchev–Trinajstić information content (AvgIpc) is 3.37. The Morgan fingerprint density at radius 3 is 2.39 bits per heavy atom. The molecule has 0 aromatic heterocycles. The number of nitrogens with one attached hydrogen (secondary N) is 1. The minimum absolute atomic E-state index is 0.0825. The Balaban J connectivity index is 1.30.